The van der Waals surface area contributed by atoms with Crippen LogP contribution < -0.4 is 5.32 Å². The van der Waals surface area contributed by atoms with Gasteiger partial charge in [0.25, 0.3) is 0 Å². The Kier molecular flexibility index (Phi) is 7.89. The molecule has 1 aromatic rings. The molecule has 0 spiro atoms. The van der Waals surface area contributed by atoms with Crippen LogP contribution >= 0.6 is 35.0 Å². The van der Waals surface area contributed by atoms with Crippen LogP contribution in [0.4, 0.5) is 0 Å². The lowest BCUT2D eigenvalue weighted by molar-refractivity contribution is -0.125. The fourth-order valence-corrected chi connectivity index (χ4v) is 4.95. The van der Waals surface area contributed by atoms with E-state index in [2.05, 4.69) is 5.32 Å². The first-order chi connectivity index (χ1) is 11.8. The van der Waals surface area contributed by atoms with Gasteiger partial charge in [0.1, 0.15) is 0 Å². The first-order valence-corrected chi connectivity index (χ1v) is 11.8. The van der Waals surface area contributed by atoms with Crippen LogP contribution in [0.15, 0.2) is 18.2 Å². The van der Waals surface area contributed by atoms with Crippen LogP contribution in [-0.2, 0) is 20.6 Å². The maximum atomic E-state index is 12.2. The minimum Gasteiger partial charge on any atom is -0.355 e. The van der Waals surface area contributed by atoms with Gasteiger partial charge in [-0.3, -0.25) is 4.79 Å². The second-order valence-electron chi connectivity index (χ2n) is 6.02. The van der Waals surface area contributed by atoms with Crippen molar-refractivity contribution in [2.75, 3.05) is 31.6 Å². The molecule has 1 aliphatic heterocycles. The highest BCUT2D eigenvalue weighted by molar-refractivity contribution is 7.98. The van der Waals surface area contributed by atoms with E-state index in [0.717, 1.165) is 17.1 Å². The molecule has 0 radical (unpaired) electrons. The molecule has 0 unspecified atom stereocenters. The first kappa shape index (κ1) is 20.8. The fraction of sp³-hybridized carbons (Fsp3) is 0.562. The number of piperidine rings is 1. The van der Waals surface area contributed by atoms with E-state index in [1.54, 1.807) is 17.8 Å². The van der Waals surface area contributed by atoms with Crippen molar-refractivity contribution in [3.8, 4) is 0 Å². The van der Waals surface area contributed by atoms with Gasteiger partial charge in [-0.25, -0.2) is 12.7 Å². The number of rotatable bonds is 7. The first-order valence-electron chi connectivity index (χ1n) is 8.02. The third-order valence-electron chi connectivity index (χ3n) is 4.11. The van der Waals surface area contributed by atoms with Gasteiger partial charge in [0.2, 0.25) is 15.9 Å². The molecule has 140 valence electrons. The molecule has 1 heterocycles. The van der Waals surface area contributed by atoms with Crippen LogP contribution in [0.25, 0.3) is 0 Å². The second-order valence-corrected chi connectivity index (χ2v) is 9.95. The van der Waals surface area contributed by atoms with Gasteiger partial charge in [0.05, 0.1) is 6.26 Å². The highest BCUT2D eigenvalue weighted by atomic mass is 35.5. The number of hydrogen-bond acceptors (Lipinski definition) is 4. The van der Waals surface area contributed by atoms with E-state index in [1.807, 2.05) is 12.1 Å². The molecular weight excluding hydrogens is 403 g/mol. The quantitative estimate of drug-likeness (QED) is 0.682. The summed E-state index contributed by atoms with van der Waals surface area (Å²) in [5.74, 6) is 1.46. The van der Waals surface area contributed by atoms with Gasteiger partial charge in [-0.15, -0.1) is 0 Å². The van der Waals surface area contributed by atoms with Gasteiger partial charge in [0.15, 0.2) is 0 Å². The number of halogens is 2. The molecule has 1 fully saturated rings. The van der Waals surface area contributed by atoms with E-state index in [9.17, 15) is 13.2 Å². The van der Waals surface area contributed by atoms with E-state index in [4.69, 9.17) is 23.2 Å². The molecule has 0 aliphatic carbocycles. The van der Waals surface area contributed by atoms with E-state index >= 15 is 0 Å². The highest BCUT2D eigenvalue weighted by Gasteiger charge is 2.28. The van der Waals surface area contributed by atoms with Gasteiger partial charge < -0.3 is 5.32 Å². The normalized spacial score (nSPS) is 16.8. The van der Waals surface area contributed by atoms with Gasteiger partial charge in [0, 0.05) is 47.1 Å². The highest BCUT2D eigenvalue weighted by Crippen LogP contribution is 2.24. The standard InChI is InChI=1S/C16H22Cl2N2O3S2/c1-25(22,23)20-7-4-12(5-8-20)16(21)19-6-9-24-11-13-2-3-14(17)10-15(13)18/h2-3,10,12H,4-9,11H2,1H3,(H,19,21). The maximum absolute atomic E-state index is 12.2. The van der Waals surface area contributed by atoms with Crippen LogP contribution in [0.3, 0.4) is 0 Å². The van der Waals surface area contributed by atoms with Crippen molar-refractivity contribution < 1.29 is 13.2 Å². The smallest absolute Gasteiger partial charge is 0.223 e. The van der Waals surface area contributed by atoms with Crippen molar-refractivity contribution in [3.05, 3.63) is 33.8 Å². The zero-order valence-corrected chi connectivity index (χ0v) is 17.1. The van der Waals surface area contributed by atoms with Crippen LogP contribution in [-0.4, -0.2) is 50.3 Å². The molecule has 1 aromatic carbocycles. The van der Waals surface area contributed by atoms with Crippen molar-refractivity contribution in [3.63, 3.8) is 0 Å². The number of benzene rings is 1. The molecule has 25 heavy (non-hydrogen) atoms. The Labute approximate surface area is 163 Å². The molecule has 5 nitrogen and oxygen atoms in total. The van der Waals surface area contributed by atoms with Crippen molar-refractivity contribution in [2.24, 2.45) is 5.92 Å². The lowest BCUT2D eigenvalue weighted by atomic mass is 9.97. The molecule has 1 N–H and O–H groups in total. The monoisotopic (exact) mass is 424 g/mol. The molecule has 9 heteroatoms. The summed E-state index contributed by atoms with van der Waals surface area (Å²) < 4.78 is 24.4. The zero-order chi connectivity index (χ0) is 18.4. The summed E-state index contributed by atoms with van der Waals surface area (Å²) in [6.07, 6.45) is 2.36. The topological polar surface area (TPSA) is 66.5 Å². The van der Waals surface area contributed by atoms with Crippen LogP contribution in [0.1, 0.15) is 18.4 Å². The Morgan fingerprint density at radius 3 is 2.60 bits per heavy atom. The van der Waals surface area contributed by atoms with E-state index in [0.29, 0.717) is 42.5 Å². The number of amides is 1. The molecule has 1 saturated heterocycles. The van der Waals surface area contributed by atoms with Crippen LogP contribution in [0, 0.1) is 5.92 Å². The molecule has 1 aliphatic rings. The molecule has 0 aromatic heterocycles. The summed E-state index contributed by atoms with van der Waals surface area (Å²) in [5, 5.41) is 4.21. The van der Waals surface area contributed by atoms with Gasteiger partial charge in [-0.05, 0) is 30.5 Å². The predicted molar refractivity (Wildman–Crippen MR) is 105 cm³/mol. The number of nitrogens with one attached hydrogen (secondary N) is 1. The van der Waals surface area contributed by atoms with Crippen molar-refractivity contribution in [1.29, 1.82) is 0 Å². The molecule has 0 atom stereocenters. The summed E-state index contributed by atoms with van der Waals surface area (Å²) in [4.78, 5) is 12.2. The number of carbonyl (C=O) groups is 1. The number of sulfonamides is 1. The zero-order valence-electron chi connectivity index (χ0n) is 14.0. The van der Waals surface area contributed by atoms with Crippen molar-refractivity contribution in [2.45, 2.75) is 18.6 Å². The van der Waals surface area contributed by atoms with Crippen LogP contribution in [0.5, 0.6) is 0 Å². The average Bonchev–Trinajstić information content (AvgIpc) is 2.55. The number of nitrogens with zero attached hydrogens (tertiary/aromatic N) is 1. The predicted octanol–water partition coefficient (Wildman–Crippen LogP) is 3.01. The summed E-state index contributed by atoms with van der Waals surface area (Å²) in [5.41, 5.74) is 1.02. The molecule has 2 rings (SSSR count). The molecule has 0 bridgehead atoms. The summed E-state index contributed by atoms with van der Waals surface area (Å²) in [6, 6.07) is 5.45. The van der Waals surface area contributed by atoms with E-state index in [-0.39, 0.29) is 11.8 Å². The van der Waals surface area contributed by atoms with E-state index in [1.165, 1.54) is 10.6 Å². The minimum atomic E-state index is -3.15. The Balaban J connectivity index is 1.64. The number of carbonyl (C=O) groups excluding carboxylic acids is 1. The Morgan fingerprint density at radius 1 is 1.32 bits per heavy atom. The van der Waals surface area contributed by atoms with Gasteiger partial charge in [-0.2, -0.15) is 11.8 Å². The van der Waals surface area contributed by atoms with Crippen molar-refractivity contribution >= 4 is 50.9 Å². The lowest BCUT2D eigenvalue weighted by Gasteiger charge is -2.29. The maximum Gasteiger partial charge on any atom is 0.223 e. The number of thioether (sulfide) groups is 1. The van der Waals surface area contributed by atoms with Crippen LogP contribution in [0.2, 0.25) is 10.0 Å². The van der Waals surface area contributed by atoms with Gasteiger partial charge in [-0.1, -0.05) is 29.3 Å². The fourth-order valence-electron chi connectivity index (χ4n) is 2.66. The summed E-state index contributed by atoms with van der Waals surface area (Å²) in [7, 11) is -3.15. The largest absolute Gasteiger partial charge is 0.355 e. The summed E-state index contributed by atoms with van der Waals surface area (Å²) in [6.45, 7) is 1.42. The average molecular weight is 425 g/mol. The Hall–Kier alpha value is -0.470. The Morgan fingerprint density at radius 2 is 2.00 bits per heavy atom. The number of hydrogen-bond donors (Lipinski definition) is 1. The molecule has 0 saturated carbocycles. The third kappa shape index (κ3) is 6.64. The second kappa shape index (κ2) is 9.46. The van der Waals surface area contributed by atoms with E-state index < -0.39 is 10.0 Å². The minimum absolute atomic E-state index is 0.0123. The Bertz CT molecular complexity index is 705. The lowest BCUT2D eigenvalue weighted by Crippen LogP contribution is -2.42. The van der Waals surface area contributed by atoms with Gasteiger partial charge >= 0.3 is 0 Å². The molecule has 1 amide bonds. The van der Waals surface area contributed by atoms with Crippen molar-refractivity contribution in [1.82, 2.24) is 9.62 Å². The molecular formula is C16H22Cl2N2O3S2. The SMILES string of the molecule is CS(=O)(=O)N1CCC(C(=O)NCCSCc2ccc(Cl)cc2Cl)CC1. The third-order valence-corrected chi connectivity index (χ3v) is 7.01. The summed E-state index contributed by atoms with van der Waals surface area (Å²) >= 11 is 13.7.